The van der Waals surface area contributed by atoms with Crippen molar-refractivity contribution in [1.29, 1.82) is 0 Å². The number of rotatable bonds is 8. The van der Waals surface area contributed by atoms with Crippen LogP contribution in [0.1, 0.15) is 37.2 Å². The number of nitrogens with zero attached hydrogens (tertiary/aromatic N) is 1. The molecule has 3 heteroatoms. The van der Waals surface area contributed by atoms with E-state index in [2.05, 4.69) is 11.7 Å². The van der Waals surface area contributed by atoms with Gasteiger partial charge in [0.1, 0.15) is 0 Å². The Kier molecular flexibility index (Phi) is 6.77. The molecule has 0 fully saturated rings. The smallest absolute Gasteiger partial charge is 0.313 e. The Morgan fingerprint density at radius 1 is 1.28 bits per heavy atom. The predicted octanol–water partition coefficient (Wildman–Crippen LogP) is 3.20. The van der Waals surface area contributed by atoms with Gasteiger partial charge in [0, 0.05) is 6.54 Å². The van der Waals surface area contributed by atoms with Crippen LogP contribution in [0.4, 0.5) is 0 Å². The third-order valence-electron chi connectivity index (χ3n) is 3.00. The highest BCUT2D eigenvalue weighted by Gasteiger charge is 2.20. The number of esters is 1. The van der Waals surface area contributed by atoms with Crippen LogP contribution in [0.25, 0.3) is 0 Å². The third-order valence-corrected chi connectivity index (χ3v) is 3.00. The van der Waals surface area contributed by atoms with Crippen molar-refractivity contribution >= 4 is 12.7 Å². The highest BCUT2D eigenvalue weighted by Crippen LogP contribution is 2.23. The molecule has 0 N–H and O–H groups in total. The Morgan fingerprint density at radius 2 is 2.00 bits per heavy atom. The molecule has 1 aromatic rings. The van der Waals surface area contributed by atoms with Gasteiger partial charge in [-0.15, -0.1) is 0 Å². The number of unbranched alkanes of at least 4 members (excludes halogenated alkanes) is 2. The lowest BCUT2D eigenvalue weighted by Crippen LogP contribution is -2.14. The summed E-state index contributed by atoms with van der Waals surface area (Å²) >= 11 is 0. The van der Waals surface area contributed by atoms with E-state index in [1.165, 1.54) is 7.11 Å². The molecule has 0 amide bonds. The monoisotopic (exact) mass is 247 g/mol. The van der Waals surface area contributed by atoms with Crippen LogP contribution >= 0.6 is 0 Å². The Labute approximate surface area is 109 Å². The molecule has 0 aliphatic heterocycles. The zero-order chi connectivity index (χ0) is 13.2. The van der Waals surface area contributed by atoms with Gasteiger partial charge in [-0.05, 0) is 25.1 Å². The number of carbonyl (C=O) groups excluding carboxylic acids is 1. The maximum absolute atomic E-state index is 11.8. The highest BCUT2D eigenvalue weighted by atomic mass is 16.5. The fourth-order valence-electron chi connectivity index (χ4n) is 2.00. The Balaban J connectivity index is 2.52. The van der Waals surface area contributed by atoms with Crippen LogP contribution in [-0.4, -0.2) is 26.3 Å². The van der Waals surface area contributed by atoms with Crippen LogP contribution in [0.5, 0.6) is 0 Å². The lowest BCUT2D eigenvalue weighted by Gasteiger charge is -2.14. The summed E-state index contributed by atoms with van der Waals surface area (Å²) in [6.45, 7) is 4.26. The zero-order valence-electron chi connectivity index (χ0n) is 11.0. The van der Waals surface area contributed by atoms with Crippen molar-refractivity contribution in [3.05, 3.63) is 35.9 Å². The number of carbonyl (C=O) groups is 1. The van der Waals surface area contributed by atoms with Gasteiger partial charge in [-0.2, -0.15) is 0 Å². The van der Waals surface area contributed by atoms with E-state index in [1.54, 1.807) is 0 Å². The van der Waals surface area contributed by atoms with Crippen molar-refractivity contribution in [2.24, 2.45) is 4.99 Å². The molecule has 18 heavy (non-hydrogen) atoms. The van der Waals surface area contributed by atoms with Gasteiger partial charge in [-0.25, -0.2) is 0 Å². The zero-order valence-corrected chi connectivity index (χ0v) is 11.0. The van der Waals surface area contributed by atoms with Gasteiger partial charge in [0.15, 0.2) is 0 Å². The van der Waals surface area contributed by atoms with Crippen LogP contribution in [0.2, 0.25) is 0 Å². The largest absolute Gasteiger partial charge is 0.469 e. The fraction of sp³-hybridized carbons (Fsp3) is 0.467. The molecule has 0 heterocycles. The molecule has 1 rings (SSSR count). The van der Waals surface area contributed by atoms with Gasteiger partial charge in [0.2, 0.25) is 0 Å². The molecule has 98 valence electrons. The molecule has 3 nitrogen and oxygen atoms in total. The van der Waals surface area contributed by atoms with Crippen molar-refractivity contribution in [2.75, 3.05) is 13.7 Å². The summed E-state index contributed by atoms with van der Waals surface area (Å²) in [4.78, 5) is 15.6. The van der Waals surface area contributed by atoms with Crippen molar-refractivity contribution < 1.29 is 9.53 Å². The van der Waals surface area contributed by atoms with Crippen molar-refractivity contribution in [2.45, 2.75) is 31.6 Å². The summed E-state index contributed by atoms with van der Waals surface area (Å²) in [5.41, 5.74) is 1.03. The standard InChI is InChI=1S/C15H21NO2/c1-16-12-8-4-7-11-14(15(17)18-2)13-9-5-3-6-10-13/h3,5-6,9-10,14H,1,4,7-8,11-12H2,2H3/t14-/m1/s1. The predicted molar refractivity (Wildman–Crippen MR) is 74.1 cm³/mol. The molecule has 0 aromatic heterocycles. The topological polar surface area (TPSA) is 38.7 Å². The van der Waals surface area contributed by atoms with Gasteiger partial charge >= 0.3 is 5.97 Å². The van der Waals surface area contributed by atoms with Crippen molar-refractivity contribution in [1.82, 2.24) is 0 Å². The minimum absolute atomic E-state index is 0.145. The first-order valence-electron chi connectivity index (χ1n) is 6.35. The first kappa shape index (κ1) is 14.4. The first-order chi connectivity index (χ1) is 8.79. The van der Waals surface area contributed by atoms with E-state index in [0.29, 0.717) is 0 Å². The Bertz CT molecular complexity index is 362. The lowest BCUT2D eigenvalue weighted by atomic mass is 9.93. The summed E-state index contributed by atoms with van der Waals surface area (Å²) in [6.07, 6.45) is 3.93. The molecule has 0 radical (unpaired) electrons. The number of benzene rings is 1. The molecular weight excluding hydrogens is 226 g/mol. The average molecular weight is 247 g/mol. The lowest BCUT2D eigenvalue weighted by molar-refractivity contribution is -0.142. The highest BCUT2D eigenvalue weighted by molar-refractivity contribution is 5.77. The summed E-state index contributed by atoms with van der Waals surface area (Å²) in [6, 6.07) is 9.81. The van der Waals surface area contributed by atoms with E-state index >= 15 is 0 Å². The number of aliphatic imine (C=N–C) groups is 1. The van der Waals surface area contributed by atoms with Crippen molar-refractivity contribution in [3.63, 3.8) is 0 Å². The van der Waals surface area contributed by atoms with E-state index < -0.39 is 0 Å². The molecule has 0 unspecified atom stereocenters. The van der Waals surface area contributed by atoms with Crippen LogP contribution in [0.15, 0.2) is 35.3 Å². The second kappa shape index (κ2) is 8.45. The number of methoxy groups -OCH3 is 1. The van der Waals surface area contributed by atoms with Crippen molar-refractivity contribution in [3.8, 4) is 0 Å². The molecule has 0 bridgehead atoms. The van der Waals surface area contributed by atoms with E-state index in [9.17, 15) is 4.79 Å². The molecular formula is C15H21NO2. The Morgan fingerprint density at radius 3 is 2.61 bits per heavy atom. The van der Waals surface area contributed by atoms with Gasteiger partial charge in [-0.3, -0.25) is 4.79 Å². The molecule has 1 atom stereocenters. The number of ether oxygens (including phenoxy) is 1. The molecule has 0 saturated heterocycles. The second-order valence-electron chi connectivity index (χ2n) is 4.28. The van der Waals surface area contributed by atoms with Gasteiger partial charge in [0.25, 0.3) is 0 Å². The Hall–Kier alpha value is -1.64. The van der Waals surface area contributed by atoms with E-state index in [1.807, 2.05) is 30.3 Å². The average Bonchev–Trinajstić information content (AvgIpc) is 2.43. The summed E-state index contributed by atoms with van der Waals surface area (Å²) < 4.78 is 4.88. The van der Waals surface area contributed by atoms with Gasteiger partial charge in [0.05, 0.1) is 13.0 Å². The second-order valence-corrected chi connectivity index (χ2v) is 4.28. The van der Waals surface area contributed by atoms with E-state index in [4.69, 9.17) is 4.74 Å². The summed E-state index contributed by atoms with van der Waals surface area (Å²) in [5, 5.41) is 0. The van der Waals surface area contributed by atoms with Crippen LogP contribution < -0.4 is 0 Å². The van der Waals surface area contributed by atoms with E-state index in [0.717, 1.165) is 37.8 Å². The summed E-state index contributed by atoms with van der Waals surface area (Å²) in [7, 11) is 1.44. The van der Waals surface area contributed by atoms with Crippen LogP contribution in [0, 0.1) is 0 Å². The molecule has 0 aliphatic carbocycles. The maximum atomic E-state index is 11.8. The SMILES string of the molecule is C=NCCCCC[C@@H](C(=O)OC)c1ccccc1. The number of hydrogen-bond acceptors (Lipinski definition) is 3. The molecule has 1 aromatic carbocycles. The normalized spacial score (nSPS) is 11.8. The minimum Gasteiger partial charge on any atom is -0.469 e. The van der Waals surface area contributed by atoms with Crippen LogP contribution in [-0.2, 0) is 9.53 Å². The quantitative estimate of drug-likeness (QED) is 0.402. The van der Waals surface area contributed by atoms with E-state index in [-0.39, 0.29) is 11.9 Å². The molecule has 0 spiro atoms. The molecule has 0 saturated carbocycles. The summed E-state index contributed by atoms with van der Waals surface area (Å²) in [5.74, 6) is -0.295. The first-order valence-corrected chi connectivity index (χ1v) is 6.35. The van der Waals surface area contributed by atoms with Crippen LogP contribution in [0.3, 0.4) is 0 Å². The third kappa shape index (κ3) is 4.70. The minimum atomic E-state index is -0.150. The van der Waals surface area contributed by atoms with Gasteiger partial charge in [-0.1, -0.05) is 43.2 Å². The fourth-order valence-corrected chi connectivity index (χ4v) is 2.00. The maximum Gasteiger partial charge on any atom is 0.313 e. The number of hydrogen-bond donors (Lipinski definition) is 0. The molecule has 0 aliphatic rings. The van der Waals surface area contributed by atoms with Gasteiger partial charge < -0.3 is 9.73 Å².